The fourth-order valence-electron chi connectivity index (χ4n) is 1.88. The van der Waals surface area contributed by atoms with Gasteiger partial charge in [0.05, 0.1) is 0 Å². The lowest BCUT2D eigenvalue weighted by atomic mass is 9.76. The van der Waals surface area contributed by atoms with Crippen LogP contribution in [-0.2, 0) is 0 Å². The molecule has 0 aromatic carbocycles. The molecule has 0 radical (unpaired) electrons. The average molecular weight is 182 g/mol. The van der Waals surface area contributed by atoms with Crippen molar-refractivity contribution in [2.75, 3.05) is 13.1 Å². The molecule has 0 spiro atoms. The lowest BCUT2D eigenvalue weighted by Gasteiger charge is -2.36. The van der Waals surface area contributed by atoms with E-state index in [1.807, 2.05) is 6.08 Å². The molecule has 0 amide bonds. The van der Waals surface area contributed by atoms with E-state index in [1.165, 1.54) is 25.7 Å². The molecule has 0 heterocycles. The summed E-state index contributed by atoms with van der Waals surface area (Å²) in [5.41, 5.74) is 5.90. The molecule has 0 saturated heterocycles. The zero-order chi connectivity index (χ0) is 9.73. The Labute approximate surface area is 81.6 Å². The number of nitrogens with one attached hydrogen (secondary N) is 1. The molecular formula is C11H22N2. The molecule has 13 heavy (non-hydrogen) atoms. The highest BCUT2D eigenvalue weighted by atomic mass is 15.0. The molecule has 0 aromatic rings. The second-order valence-electron chi connectivity index (χ2n) is 4.44. The van der Waals surface area contributed by atoms with Crippen molar-refractivity contribution in [3.05, 3.63) is 12.7 Å². The van der Waals surface area contributed by atoms with Gasteiger partial charge in [0, 0.05) is 18.6 Å². The van der Waals surface area contributed by atoms with Gasteiger partial charge in [-0.3, -0.25) is 0 Å². The van der Waals surface area contributed by atoms with Gasteiger partial charge in [-0.15, -0.1) is 6.58 Å². The third-order valence-electron chi connectivity index (χ3n) is 3.09. The fraction of sp³-hybridized carbons (Fsp3) is 0.818. The summed E-state index contributed by atoms with van der Waals surface area (Å²) in [5.74, 6) is 0.908. The number of hydrogen-bond acceptors (Lipinski definition) is 2. The quantitative estimate of drug-likeness (QED) is 0.613. The standard InChI is InChI=1S/C11H22N2/c1-3-7-13-11(2,9-12)8-10-5-4-6-10/h3,10,13H,1,4-9,12H2,2H3. The van der Waals surface area contributed by atoms with E-state index in [2.05, 4.69) is 18.8 Å². The molecule has 0 aliphatic heterocycles. The summed E-state index contributed by atoms with van der Waals surface area (Å²) < 4.78 is 0. The maximum atomic E-state index is 5.78. The largest absolute Gasteiger partial charge is 0.329 e. The Morgan fingerprint density at radius 1 is 1.62 bits per heavy atom. The lowest BCUT2D eigenvalue weighted by molar-refractivity contribution is 0.211. The van der Waals surface area contributed by atoms with Gasteiger partial charge in [-0.05, 0) is 19.3 Å². The van der Waals surface area contributed by atoms with Crippen LogP contribution >= 0.6 is 0 Å². The highest BCUT2D eigenvalue weighted by Gasteiger charge is 2.28. The van der Waals surface area contributed by atoms with Gasteiger partial charge in [0.15, 0.2) is 0 Å². The Morgan fingerprint density at radius 3 is 2.69 bits per heavy atom. The molecule has 2 nitrogen and oxygen atoms in total. The Hall–Kier alpha value is -0.340. The summed E-state index contributed by atoms with van der Waals surface area (Å²) in [4.78, 5) is 0. The lowest BCUT2D eigenvalue weighted by Crippen LogP contribution is -2.50. The van der Waals surface area contributed by atoms with Gasteiger partial charge >= 0.3 is 0 Å². The summed E-state index contributed by atoms with van der Waals surface area (Å²) in [6, 6.07) is 0. The zero-order valence-electron chi connectivity index (χ0n) is 8.68. The normalized spacial score (nSPS) is 22.0. The third kappa shape index (κ3) is 3.12. The van der Waals surface area contributed by atoms with Gasteiger partial charge in [0.25, 0.3) is 0 Å². The number of nitrogens with two attached hydrogens (primary N) is 1. The van der Waals surface area contributed by atoms with E-state index in [0.29, 0.717) is 0 Å². The first kappa shape index (κ1) is 10.7. The van der Waals surface area contributed by atoms with Crippen LogP contribution in [0.15, 0.2) is 12.7 Å². The van der Waals surface area contributed by atoms with Crippen molar-refractivity contribution < 1.29 is 0 Å². The summed E-state index contributed by atoms with van der Waals surface area (Å²) in [5, 5.41) is 3.45. The maximum absolute atomic E-state index is 5.78. The van der Waals surface area contributed by atoms with Crippen LogP contribution in [0.3, 0.4) is 0 Å². The topological polar surface area (TPSA) is 38.0 Å². The first-order valence-corrected chi connectivity index (χ1v) is 5.26. The molecule has 1 rings (SSSR count). The van der Waals surface area contributed by atoms with Gasteiger partial charge in [0.1, 0.15) is 0 Å². The van der Waals surface area contributed by atoms with E-state index >= 15 is 0 Å². The monoisotopic (exact) mass is 182 g/mol. The Kier molecular flexibility index (Phi) is 3.94. The summed E-state index contributed by atoms with van der Waals surface area (Å²) >= 11 is 0. The fourth-order valence-corrected chi connectivity index (χ4v) is 1.88. The van der Waals surface area contributed by atoms with Crippen LogP contribution in [0.5, 0.6) is 0 Å². The van der Waals surface area contributed by atoms with Crippen LogP contribution in [0.2, 0.25) is 0 Å². The van der Waals surface area contributed by atoms with Crippen LogP contribution in [-0.4, -0.2) is 18.6 Å². The van der Waals surface area contributed by atoms with E-state index in [4.69, 9.17) is 5.73 Å². The highest BCUT2D eigenvalue weighted by molar-refractivity contribution is 4.90. The molecule has 1 aliphatic rings. The molecule has 0 aromatic heterocycles. The molecule has 1 fully saturated rings. The number of hydrogen-bond donors (Lipinski definition) is 2. The second-order valence-corrected chi connectivity index (χ2v) is 4.44. The molecule has 1 atom stereocenters. The minimum Gasteiger partial charge on any atom is -0.329 e. The van der Waals surface area contributed by atoms with Crippen molar-refractivity contribution in [3.8, 4) is 0 Å². The molecule has 0 bridgehead atoms. The van der Waals surface area contributed by atoms with Gasteiger partial charge < -0.3 is 11.1 Å². The molecule has 76 valence electrons. The highest BCUT2D eigenvalue weighted by Crippen LogP contribution is 2.33. The van der Waals surface area contributed by atoms with Gasteiger partial charge in [-0.2, -0.15) is 0 Å². The van der Waals surface area contributed by atoms with Crippen molar-refractivity contribution in [1.82, 2.24) is 5.32 Å². The van der Waals surface area contributed by atoms with Crippen LogP contribution in [0.25, 0.3) is 0 Å². The van der Waals surface area contributed by atoms with Crippen LogP contribution in [0, 0.1) is 5.92 Å². The molecule has 2 heteroatoms. The SMILES string of the molecule is C=CCNC(C)(CN)CC1CCC1. The second kappa shape index (κ2) is 4.77. The van der Waals surface area contributed by atoms with Gasteiger partial charge in [-0.1, -0.05) is 25.3 Å². The predicted octanol–water partition coefficient (Wildman–Crippen LogP) is 1.67. The first-order chi connectivity index (χ1) is 6.20. The van der Waals surface area contributed by atoms with E-state index in [-0.39, 0.29) is 5.54 Å². The van der Waals surface area contributed by atoms with E-state index in [0.717, 1.165) is 19.0 Å². The van der Waals surface area contributed by atoms with Crippen molar-refractivity contribution in [2.24, 2.45) is 11.7 Å². The molecule has 1 aliphatic carbocycles. The van der Waals surface area contributed by atoms with Crippen LogP contribution in [0.1, 0.15) is 32.6 Å². The number of rotatable bonds is 6. The van der Waals surface area contributed by atoms with Crippen molar-refractivity contribution >= 4 is 0 Å². The molecule has 1 saturated carbocycles. The molecular weight excluding hydrogens is 160 g/mol. The van der Waals surface area contributed by atoms with Crippen molar-refractivity contribution in [2.45, 2.75) is 38.1 Å². The molecule has 3 N–H and O–H groups in total. The first-order valence-electron chi connectivity index (χ1n) is 5.26. The predicted molar refractivity (Wildman–Crippen MR) is 57.6 cm³/mol. The van der Waals surface area contributed by atoms with E-state index in [1.54, 1.807) is 0 Å². The minimum atomic E-state index is 0.124. The van der Waals surface area contributed by atoms with Crippen molar-refractivity contribution in [1.29, 1.82) is 0 Å². The molecule has 1 unspecified atom stereocenters. The maximum Gasteiger partial charge on any atom is 0.0281 e. The van der Waals surface area contributed by atoms with Crippen LogP contribution in [0.4, 0.5) is 0 Å². The van der Waals surface area contributed by atoms with Crippen LogP contribution < -0.4 is 11.1 Å². The summed E-state index contributed by atoms with van der Waals surface area (Å²) in [7, 11) is 0. The van der Waals surface area contributed by atoms with Gasteiger partial charge in [0.2, 0.25) is 0 Å². The summed E-state index contributed by atoms with van der Waals surface area (Å²) in [6.07, 6.45) is 7.31. The smallest absolute Gasteiger partial charge is 0.0281 e. The Balaban J connectivity index is 2.32. The Morgan fingerprint density at radius 2 is 2.31 bits per heavy atom. The Bertz CT molecular complexity index is 163. The average Bonchev–Trinajstić information content (AvgIpc) is 2.08. The summed E-state index contributed by atoms with van der Waals surface area (Å²) in [6.45, 7) is 7.51. The van der Waals surface area contributed by atoms with Gasteiger partial charge in [-0.25, -0.2) is 0 Å². The van der Waals surface area contributed by atoms with E-state index < -0.39 is 0 Å². The third-order valence-corrected chi connectivity index (χ3v) is 3.09. The zero-order valence-corrected chi connectivity index (χ0v) is 8.68. The van der Waals surface area contributed by atoms with E-state index in [9.17, 15) is 0 Å². The minimum absolute atomic E-state index is 0.124. The van der Waals surface area contributed by atoms with Crippen molar-refractivity contribution in [3.63, 3.8) is 0 Å².